The molecule has 1 aromatic carbocycles. The fraction of sp³-hybridized carbons (Fsp3) is 0.667. The lowest BCUT2D eigenvalue weighted by Gasteiger charge is -2.43. The monoisotopic (exact) mass is 291 g/mol. The molecule has 1 atom stereocenters. The zero-order chi connectivity index (χ0) is 15.3. The summed E-state index contributed by atoms with van der Waals surface area (Å²) < 4.78 is 5.18. The van der Waals surface area contributed by atoms with Gasteiger partial charge in [0.15, 0.2) is 0 Å². The smallest absolute Gasteiger partial charge is 0.118 e. The third-order valence-electron chi connectivity index (χ3n) is 5.22. The van der Waals surface area contributed by atoms with Gasteiger partial charge in [0.2, 0.25) is 0 Å². The second-order valence-corrected chi connectivity index (χ2v) is 6.47. The standard InChI is InChI=1S/C18H29NO2/c1-3-4-14-9-11-18(13-19,12-10-14)17(20)15-5-7-16(21-2)8-6-15/h5-8,14,17,20H,3-4,9-13,19H2,1-2H3. The maximum absolute atomic E-state index is 10.9. The highest BCUT2D eigenvalue weighted by molar-refractivity contribution is 5.29. The van der Waals surface area contributed by atoms with Crippen LogP contribution in [0, 0.1) is 11.3 Å². The zero-order valence-electron chi connectivity index (χ0n) is 13.3. The Morgan fingerprint density at radius 3 is 2.38 bits per heavy atom. The van der Waals surface area contributed by atoms with Gasteiger partial charge in [0.05, 0.1) is 13.2 Å². The van der Waals surface area contributed by atoms with E-state index in [2.05, 4.69) is 6.92 Å². The SMILES string of the molecule is CCCC1CCC(CN)(C(O)c2ccc(OC)cc2)CC1. The molecule has 0 aliphatic heterocycles. The van der Waals surface area contributed by atoms with Gasteiger partial charge in [-0.2, -0.15) is 0 Å². The molecule has 1 unspecified atom stereocenters. The Morgan fingerprint density at radius 1 is 1.29 bits per heavy atom. The number of hydrogen-bond acceptors (Lipinski definition) is 3. The van der Waals surface area contributed by atoms with Gasteiger partial charge in [-0.1, -0.05) is 31.9 Å². The minimum atomic E-state index is -0.476. The van der Waals surface area contributed by atoms with Crippen LogP contribution in [0.2, 0.25) is 0 Å². The normalized spacial score (nSPS) is 27.3. The predicted octanol–water partition coefficient (Wildman–Crippen LogP) is 3.66. The highest BCUT2D eigenvalue weighted by Crippen LogP contribution is 2.47. The molecule has 0 aromatic heterocycles. The van der Waals surface area contributed by atoms with Gasteiger partial charge in [-0.05, 0) is 49.3 Å². The largest absolute Gasteiger partial charge is 0.497 e. The van der Waals surface area contributed by atoms with Crippen molar-refractivity contribution in [1.29, 1.82) is 0 Å². The van der Waals surface area contributed by atoms with Crippen molar-refractivity contribution >= 4 is 0 Å². The highest BCUT2D eigenvalue weighted by Gasteiger charge is 2.40. The summed E-state index contributed by atoms with van der Waals surface area (Å²) in [6.07, 6.45) is 6.52. The number of methoxy groups -OCH3 is 1. The third kappa shape index (κ3) is 3.58. The number of benzene rings is 1. The topological polar surface area (TPSA) is 55.5 Å². The Morgan fingerprint density at radius 2 is 1.90 bits per heavy atom. The van der Waals surface area contributed by atoms with E-state index < -0.39 is 6.10 Å². The van der Waals surface area contributed by atoms with Crippen LogP contribution in [0.4, 0.5) is 0 Å². The second-order valence-electron chi connectivity index (χ2n) is 6.47. The number of aliphatic hydroxyl groups is 1. The quantitative estimate of drug-likeness (QED) is 0.841. The van der Waals surface area contributed by atoms with E-state index in [-0.39, 0.29) is 5.41 Å². The maximum atomic E-state index is 10.9. The number of hydrogen-bond donors (Lipinski definition) is 2. The first-order valence-corrected chi connectivity index (χ1v) is 8.17. The Bertz CT molecular complexity index is 421. The van der Waals surface area contributed by atoms with Crippen molar-refractivity contribution in [3.63, 3.8) is 0 Å². The molecule has 118 valence electrons. The Kier molecular flexibility index (Phi) is 5.65. The van der Waals surface area contributed by atoms with E-state index in [1.807, 2.05) is 24.3 Å². The van der Waals surface area contributed by atoms with Crippen LogP contribution in [0.25, 0.3) is 0 Å². The lowest BCUT2D eigenvalue weighted by Crippen LogP contribution is -2.40. The molecule has 21 heavy (non-hydrogen) atoms. The molecule has 0 amide bonds. The molecule has 0 bridgehead atoms. The maximum Gasteiger partial charge on any atom is 0.118 e. The van der Waals surface area contributed by atoms with E-state index in [0.29, 0.717) is 6.54 Å². The molecule has 0 heterocycles. The van der Waals surface area contributed by atoms with Crippen molar-refractivity contribution in [2.45, 2.75) is 51.6 Å². The predicted molar refractivity (Wildman–Crippen MR) is 86.3 cm³/mol. The minimum Gasteiger partial charge on any atom is -0.497 e. The third-order valence-corrected chi connectivity index (χ3v) is 5.22. The van der Waals surface area contributed by atoms with Gasteiger partial charge < -0.3 is 15.6 Å². The number of rotatable bonds is 6. The van der Waals surface area contributed by atoms with Crippen molar-refractivity contribution in [3.05, 3.63) is 29.8 Å². The van der Waals surface area contributed by atoms with Crippen LogP contribution in [0.5, 0.6) is 5.75 Å². The van der Waals surface area contributed by atoms with Crippen LogP contribution >= 0.6 is 0 Å². The molecule has 1 aliphatic carbocycles. The van der Waals surface area contributed by atoms with Crippen molar-refractivity contribution in [2.75, 3.05) is 13.7 Å². The minimum absolute atomic E-state index is 0.154. The van der Waals surface area contributed by atoms with E-state index in [0.717, 1.165) is 30.1 Å². The van der Waals surface area contributed by atoms with Gasteiger partial charge in [-0.3, -0.25) is 0 Å². The molecule has 1 aromatic rings. The first-order valence-electron chi connectivity index (χ1n) is 8.17. The van der Waals surface area contributed by atoms with E-state index in [1.165, 1.54) is 25.7 Å². The number of ether oxygens (including phenoxy) is 1. The molecule has 0 spiro atoms. The molecule has 0 radical (unpaired) electrons. The van der Waals surface area contributed by atoms with Gasteiger partial charge in [0, 0.05) is 12.0 Å². The van der Waals surface area contributed by atoms with Gasteiger partial charge in [-0.25, -0.2) is 0 Å². The lowest BCUT2D eigenvalue weighted by molar-refractivity contribution is -0.0108. The van der Waals surface area contributed by atoms with Crippen LogP contribution in [-0.4, -0.2) is 18.8 Å². The molecule has 3 heteroatoms. The molecule has 0 saturated heterocycles. The molecular formula is C18H29NO2. The second kappa shape index (κ2) is 7.28. The summed E-state index contributed by atoms with van der Waals surface area (Å²) in [6.45, 7) is 2.80. The van der Waals surface area contributed by atoms with Crippen molar-refractivity contribution in [2.24, 2.45) is 17.1 Å². The lowest BCUT2D eigenvalue weighted by atomic mass is 9.65. The zero-order valence-corrected chi connectivity index (χ0v) is 13.3. The van der Waals surface area contributed by atoms with Crippen LogP contribution in [0.1, 0.15) is 57.1 Å². The van der Waals surface area contributed by atoms with Crippen LogP contribution in [0.3, 0.4) is 0 Å². The summed E-state index contributed by atoms with van der Waals surface area (Å²) in [7, 11) is 1.65. The summed E-state index contributed by atoms with van der Waals surface area (Å²) in [5.41, 5.74) is 6.87. The van der Waals surface area contributed by atoms with E-state index in [9.17, 15) is 5.11 Å². The van der Waals surface area contributed by atoms with Crippen LogP contribution < -0.4 is 10.5 Å². The molecule has 3 N–H and O–H groups in total. The first-order chi connectivity index (χ1) is 10.1. The number of nitrogens with two attached hydrogens (primary N) is 1. The fourth-order valence-electron chi connectivity index (χ4n) is 3.68. The Labute approximate surface area is 128 Å². The molecule has 1 aliphatic rings. The molecule has 2 rings (SSSR count). The van der Waals surface area contributed by atoms with Gasteiger partial charge in [0.1, 0.15) is 5.75 Å². The number of aliphatic hydroxyl groups excluding tert-OH is 1. The van der Waals surface area contributed by atoms with Gasteiger partial charge in [0.25, 0.3) is 0 Å². The molecule has 3 nitrogen and oxygen atoms in total. The van der Waals surface area contributed by atoms with Crippen molar-refractivity contribution in [3.8, 4) is 5.75 Å². The molecule has 1 fully saturated rings. The van der Waals surface area contributed by atoms with E-state index in [1.54, 1.807) is 7.11 Å². The summed E-state index contributed by atoms with van der Waals surface area (Å²) in [5.74, 6) is 1.64. The molecular weight excluding hydrogens is 262 g/mol. The average Bonchev–Trinajstić information content (AvgIpc) is 2.55. The van der Waals surface area contributed by atoms with Crippen molar-refractivity contribution in [1.82, 2.24) is 0 Å². The first kappa shape index (κ1) is 16.3. The fourth-order valence-corrected chi connectivity index (χ4v) is 3.68. The van der Waals surface area contributed by atoms with Crippen molar-refractivity contribution < 1.29 is 9.84 Å². The Balaban J connectivity index is 2.09. The highest BCUT2D eigenvalue weighted by atomic mass is 16.5. The summed E-state index contributed by atoms with van der Waals surface area (Å²) >= 11 is 0. The van der Waals surface area contributed by atoms with E-state index >= 15 is 0 Å². The van der Waals surface area contributed by atoms with Crippen LogP contribution in [0.15, 0.2) is 24.3 Å². The van der Waals surface area contributed by atoms with Crippen LogP contribution in [-0.2, 0) is 0 Å². The van der Waals surface area contributed by atoms with Gasteiger partial charge in [-0.15, -0.1) is 0 Å². The van der Waals surface area contributed by atoms with E-state index in [4.69, 9.17) is 10.5 Å². The molecule has 1 saturated carbocycles. The summed E-state index contributed by atoms with van der Waals surface area (Å²) in [4.78, 5) is 0. The van der Waals surface area contributed by atoms with Gasteiger partial charge >= 0.3 is 0 Å². The summed E-state index contributed by atoms with van der Waals surface area (Å²) in [5, 5.41) is 10.9. The Hall–Kier alpha value is -1.06. The summed E-state index contributed by atoms with van der Waals surface area (Å²) in [6, 6.07) is 7.73. The average molecular weight is 291 g/mol.